The Morgan fingerprint density at radius 3 is 3.00 bits per heavy atom. The number of thiophene rings is 1. The van der Waals surface area contributed by atoms with Gasteiger partial charge in [0.15, 0.2) is 0 Å². The van der Waals surface area contributed by atoms with Gasteiger partial charge < -0.3 is 9.80 Å². The quantitative estimate of drug-likeness (QED) is 0.822. The summed E-state index contributed by atoms with van der Waals surface area (Å²) in [6.45, 7) is 1.75. The molecule has 0 aromatic carbocycles. The maximum Gasteiger partial charge on any atom is 0.233 e. The Labute approximate surface area is 104 Å². The molecule has 0 N–H and O–H groups in total. The molecule has 1 aliphatic heterocycles. The second-order valence-corrected chi connectivity index (χ2v) is 6.12. The van der Waals surface area contributed by atoms with Crippen molar-refractivity contribution in [1.29, 1.82) is 0 Å². The average molecular weight is 256 g/mol. The summed E-state index contributed by atoms with van der Waals surface area (Å²) in [5.41, 5.74) is 0. The molecule has 0 bridgehead atoms. The Balaban J connectivity index is 2.04. The number of nitrogens with zero attached hydrogens (tertiary/aromatic N) is 2. The lowest BCUT2D eigenvalue weighted by Gasteiger charge is -2.24. The second kappa shape index (κ2) is 5.21. The van der Waals surface area contributed by atoms with Crippen LogP contribution in [-0.4, -0.2) is 48.6 Å². The molecular formula is C11H16N2OS2. The van der Waals surface area contributed by atoms with Gasteiger partial charge >= 0.3 is 0 Å². The van der Waals surface area contributed by atoms with Gasteiger partial charge in [0.1, 0.15) is 5.37 Å². The van der Waals surface area contributed by atoms with E-state index >= 15 is 0 Å². The molecular weight excluding hydrogens is 240 g/mol. The van der Waals surface area contributed by atoms with Gasteiger partial charge in [-0.1, -0.05) is 6.07 Å². The number of thioether (sulfide) groups is 1. The van der Waals surface area contributed by atoms with E-state index in [9.17, 15) is 4.79 Å². The molecule has 16 heavy (non-hydrogen) atoms. The molecule has 0 radical (unpaired) electrons. The van der Waals surface area contributed by atoms with E-state index in [1.165, 1.54) is 4.88 Å². The topological polar surface area (TPSA) is 23.6 Å². The zero-order chi connectivity index (χ0) is 11.5. The van der Waals surface area contributed by atoms with E-state index in [2.05, 4.69) is 16.3 Å². The van der Waals surface area contributed by atoms with Crippen LogP contribution in [0.4, 0.5) is 0 Å². The van der Waals surface area contributed by atoms with Crippen LogP contribution in [0.25, 0.3) is 0 Å². The van der Waals surface area contributed by atoms with E-state index in [1.807, 2.05) is 25.1 Å². The van der Waals surface area contributed by atoms with Gasteiger partial charge in [-0.05, 0) is 25.5 Å². The number of carbonyl (C=O) groups excluding carboxylic acids is 1. The van der Waals surface area contributed by atoms with Crippen molar-refractivity contribution >= 4 is 29.0 Å². The van der Waals surface area contributed by atoms with Crippen molar-refractivity contribution in [2.75, 3.05) is 32.9 Å². The van der Waals surface area contributed by atoms with Crippen molar-refractivity contribution < 1.29 is 4.79 Å². The van der Waals surface area contributed by atoms with E-state index in [0.29, 0.717) is 5.75 Å². The summed E-state index contributed by atoms with van der Waals surface area (Å²) in [4.78, 5) is 17.2. The second-order valence-electron chi connectivity index (χ2n) is 4.07. The molecule has 1 amide bonds. The van der Waals surface area contributed by atoms with Crippen LogP contribution in [0, 0.1) is 0 Å². The maximum absolute atomic E-state index is 11.8. The summed E-state index contributed by atoms with van der Waals surface area (Å²) in [7, 11) is 4.07. The van der Waals surface area contributed by atoms with Crippen LogP contribution in [0.1, 0.15) is 10.3 Å². The first kappa shape index (κ1) is 12.0. The van der Waals surface area contributed by atoms with Gasteiger partial charge in [-0.25, -0.2) is 0 Å². The third-order valence-corrected chi connectivity index (χ3v) is 4.85. The van der Waals surface area contributed by atoms with Crippen LogP contribution in [0.2, 0.25) is 0 Å². The van der Waals surface area contributed by atoms with E-state index in [4.69, 9.17) is 0 Å². The Bertz CT molecular complexity index is 351. The van der Waals surface area contributed by atoms with Crippen LogP contribution in [-0.2, 0) is 4.79 Å². The van der Waals surface area contributed by atoms with Crippen molar-refractivity contribution in [2.45, 2.75) is 5.37 Å². The third kappa shape index (κ3) is 2.59. The highest BCUT2D eigenvalue weighted by atomic mass is 32.2. The highest BCUT2D eigenvalue weighted by molar-refractivity contribution is 8.00. The summed E-state index contributed by atoms with van der Waals surface area (Å²) in [6.07, 6.45) is 0. The highest BCUT2D eigenvalue weighted by Crippen LogP contribution is 2.40. The van der Waals surface area contributed by atoms with Gasteiger partial charge in [0, 0.05) is 18.0 Å². The molecule has 1 unspecified atom stereocenters. The van der Waals surface area contributed by atoms with E-state index in [-0.39, 0.29) is 11.3 Å². The monoisotopic (exact) mass is 256 g/mol. The summed E-state index contributed by atoms with van der Waals surface area (Å²) < 4.78 is 0. The first-order valence-electron chi connectivity index (χ1n) is 5.27. The molecule has 3 nitrogen and oxygen atoms in total. The number of likely N-dealkylation sites (N-methyl/N-ethyl adjacent to an activating group) is 1. The van der Waals surface area contributed by atoms with Crippen molar-refractivity contribution in [1.82, 2.24) is 9.80 Å². The number of amides is 1. The Morgan fingerprint density at radius 1 is 1.56 bits per heavy atom. The third-order valence-electron chi connectivity index (χ3n) is 2.54. The predicted octanol–water partition coefficient (Wildman–Crippen LogP) is 1.88. The fourth-order valence-corrected chi connectivity index (χ4v) is 3.87. The summed E-state index contributed by atoms with van der Waals surface area (Å²) in [5, 5.41) is 2.32. The molecule has 1 aliphatic rings. The Hall–Kier alpha value is -0.520. The molecule has 1 atom stereocenters. The first-order chi connectivity index (χ1) is 7.68. The predicted molar refractivity (Wildman–Crippen MR) is 69.8 cm³/mol. The molecule has 1 saturated heterocycles. The largest absolute Gasteiger partial charge is 0.324 e. The van der Waals surface area contributed by atoms with E-state index in [0.717, 1.165) is 13.1 Å². The average Bonchev–Trinajstić information content (AvgIpc) is 2.83. The summed E-state index contributed by atoms with van der Waals surface area (Å²) in [5.74, 6) is 0.890. The molecule has 0 spiro atoms. The van der Waals surface area contributed by atoms with Gasteiger partial charge in [0.25, 0.3) is 0 Å². The van der Waals surface area contributed by atoms with Crippen LogP contribution < -0.4 is 0 Å². The van der Waals surface area contributed by atoms with Gasteiger partial charge in [-0.15, -0.1) is 23.1 Å². The van der Waals surface area contributed by atoms with Gasteiger partial charge in [-0.3, -0.25) is 4.79 Å². The van der Waals surface area contributed by atoms with Crippen molar-refractivity contribution in [3.63, 3.8) is 0 Å². The Kier molecular flexibility index (Phi) is 3.89. The lowest BCUT2D eigenvalue weighted by atomic mass is 10.4. The minimum absolute atomic E-state index is 0.243. The van der Waals surface area contributed by atoms with Crippen LogP contribution in [0.15, 0.2) is 17.5 Å². The van der Waals surface area contributed by atoms with Crippen LogP contribution >= 0.6 is 23.1 Å². The number of rotatable bonds is 4. The lowest BCUT2D eigenvalue weighted by molar-refractivity contribution is -0.128. The summed E-state index contributed by atoms with van der Waals surface area (Å²) in [6, 6.07) is 4.16. The smallest absolute Gasteiger partial charge is 0.233 e. The molecule has 2 rings (SSSR count). The van der Waals surface area contributed by atoms with E-state index in [1.54, 1.807) is 23.1 Å². The number of hydrogen-bond acceptors (Lipinski definition) is 4. The lowest BCUT2D eigenvalue weighted by Crippen LogP contribution is -2.34. The normalized spacial score (nSPS) is 21.1. The minimum atomic E-state index is 0.243. The molecule has 1 aromatic heterocycles. The van der Waals surface area contributed by atoms with Gasteiger partial charge in [0.2, 0.25) is 5.91 Å². The first-order valence-corrected chi connectivity index (χ1v) is 7.20. The minimum Gasteiger partial charge on any atom is -0.324 e. The van der Waals surface area contributed by atoms with Crippen LogP contribution in [0.3, 0.4) is 0 Å². The molecule has 1 aromatic rings. The molecule has 0 aliphatic carbocycles. The zero-order valence-electron chi connectivity index (χ0n) is 9.55. The maximum atomic E-state index is 11.8. The standard InChI is InChI=1S/C11H16N2OS2/c1-12(2)5-6-13-10(14)8-16-11(13)9-4-3-7-15-9/h3-4,7,11H,5-6,8H2,1-2H3. The zero-order valence-corrected chi connectivity index (χ0v) is 11.2. The van der Waals surface area contributed by atoms with Crippen molar-refractivity contribution in [3.8, 4) is 0 Å². The van der Waals surface area contributed by atoms with Gasteiger partial charge in [0.05, 0.1) is 5.75 Å². The van der Waals surface area contributed by atoms with Gasteiger partial charge in [-0.2, -0.15) is 0 Å². The van der Waals surface area contributed by atoms with Crippen molar-refractivity contribution in [3.05, 3.63) is 22.4 Å². The highest BCUT2D eigenvalue weighted by Gasteiger charge is 2.32. The summed E-state index contributed by atoms with van der Waals surface area (Å²) >= 11 is 3.47. The fraction of sp³-hybridized carbons (Fsp3) is 0.545. The Morgan fingerprint density at radius 2 is 2.38 bits per heavy atom. The molecule has 5 heteroatoms. The number of hydrogen-bond donors (Lipinski definition) is 0. The van der Waals surface area contributed by atoms with Crippen LogP contribution in [0.5, 0.6) is 0 Å². The van der Waals surface area contributed by atoms with E-state index < -0.39 is 0 Å². The molecule has 88 valence electrons. The number of carbonyl (C=O) groups is 1. The van der Waals surface area contributed by atoms with Crippen molar-refractivity contribution in [2.24, 2.45) is 0 Å². The fourth-order valence-electron chi connectivity index (χ4n) is 1.67. The molecule has 1 fully saturated rings. The molecule has 0 saturated carbocycles. The molecule has 2 heterocycles. The SMILES string of the molecule is CN(C)CCN1C(=O)CSC1c1cccs1.